The van der Waals surface area contributed by atoms with Crippen LogP contribution in [0, 0.1) is 5.92 Å². The lowest BCUT2D eigenvalue weighted by molar-refractivity contribution is 0.332. The van der Waals surface area contributed by atoms with Crippen molar-refractivity contribution in [2.75, 3.05) is 0 Å². The molecule has 1 aliphatic rings. The maximum absolute atomic E-state index is 3.90. The molecule has 0 radical (unpaired) electrons. The van der Waals surface area contributed by atoms with Crippen molar-refractivity contribution in [3.05, 3.63) is 35.2 Å². The van der Waals surface area contributed by atoms with Gasteiger partial charge in [0.25, 0.3) is 0 Å². The summed E-state index contributed by atoms with van der Waals surface area (Å²) in [5, 5.41) is 5.28. The van der Waals surface area contributed by atoms with Crippen molar-refractivity contribution < 1.29 is 0 Å². The zero-order chi connectivity index (χ0) is 13.9. The number of hydrogen-bond donors (Lipinski definition) is 1. The van der Waals surface area contributed by atoms with Crippen LogP contribution in [0.15, 0.2) is 30.3 Å². The predicted octanol–water partition coefficient (Wildman–Crippen LogP) is 5.52. The molecule has 0 aliphatic heterocycles. The fraction of sp³-hybridized carbons (Fsp3) is 0.556. The standard InChI is InChI=1S/C18H25NS/c1-13-8-4-3-5-10-16(13)19-14(2)18-12-15-9-6-7-11-17(15)20-18/h6-7,9,11-14,16,19H,3-5,8,10H2,1-2H3. The molecule has 1 nitrogen and oxygen atoms in total. The van der Waals surface area contributed by atoms with Gasteiger partial charge in [0.05, 0.1) is 0 Å². The Kier molecular flexibility index (Phi) is 4.42. The first-order valence-electron chi connectivity index (χ1n) is 7.98. The summed E-state index contributed by atoms with van der Waals surface area (Å²) in [5.41, 5.74) is 0. The number of hydrogen-bond acceptors (Lipinski definition) is 2. The molecule has 2 aromatic rings. The molecule has 1 aromatic carbocycles. The van der Waals surface area contributed by atoms with E-state index in [1.807, 2.05) is 11.3 Å². The Hall–Kier alpha value is -0.860. The van der Waals surface area contributed by atoms with Gasteiger partial charge in [-0.25, -0.2) is 0 Å². The van der Waals surface area contributed by atoms with Gasteiger partial charge in [-0.2, -0.15) is 0 Å². The van der Waals surface area contributed by atoms with Crippen molar-refractivity contribution in [1.82, 2.24) is 5.32 Å². The van der Waals surface area contributed by atoms with Crippen molar-refractivity contribution in [2.24, 2.45) is 5.92 Å². The predicted molar refractivity (Wildman–Crippen MR) is 89.4 cm³/mol. The van der Waals surface area contributed by atoms with E-state index >= 15 is 0 Å². The van der Waals surface area contributed by atoms with Crippen LogP contribution in [0.3, 0.4) is 0 Å². The Balaban J connectivity index is 1.72. The third-order valence-electron chi connectivity index (χ3n) is 4.70. The maximum atomic E-state index is 3.90. The first kappa shape index (κ1) is 14.1. The molecule has 2 heteroatoms. The molecular weight excluding hydrogens is 262 g/mol. The molecule has 108 valence electrons. The van der Waals surface area contributed by atoms with Crippen molar-refractivity contribution in [1.29, 1.82) is 0 Å². The Bertz CT molecular complexity index is 526. The average Bonchev–Trinajstić information content (AvgIpc) is 2.79. The SMILES string of the molecule is CC(NC1CCCCCC1C)c1cc2ccccc2s1. The lowest BCUT2D eigenvalue weighted by atomic mass is 9.96. The van der Waals surface area contributed by atoms with Crippen LogP contribution in [0.25, 0.3) is 10.1 Å². The quantitative estimate of drug-likeness (QED) is 0.733. The molecule has 3 unspecified atom stereocenters. The molecular formula is C18H25NS. The number of nitrogens with one attached hydrogen (secondary N) is 1. The van der Waals surface area contributed by atoms with Crippen molar-refractivity contribution in [2.45, 2.75) is 58.0 Å². The molecule has 0 amide bonds. The van der Waals surface area contributed by atoms with Crippen LogP contribution in [0.5, 0.6) is 0 Å². The van der Waals surface area contributed by atoms with Crippen LogP contribution >= 0.6 is 11.3 Å². The molecule has 0 bridgehead atoms. The highest BCUT2D eigenvalue weighted by Gasteiger charge is 2.22. The molecule has 1 heterocycles. The van der Waals surface area contributed by atoms with Crippen LogP contribution < -0.4 is 5.32 Å². The van der Waals surface area contributed by atoms with E-state index in [4.69, 9.17) is 0 Å². The van der Waals surface area contributed by atoms with Crippen molar-refractivity contribution >= 4 is 21.4 Å². The van der Waals surface area contributed by atoms with Gasteiger partial charge >= 0.3 is 0 Å². The third kappa shape index (κ3) is 3.07. The van der Waals surface area contributed by atoms with Crippen molar-refractivity contribution in [3.63, 3.8) is 0 Å². The van der Waals surface area contributed by atoms with Gasteiger partial charge in [0.15, 0.2) is 0 Å². The summed E-state index contributed by atoms with van der Waals surface area (Å²) in [6.07, 6.45) is 6.95. The Morgan fingerprint density at radius 3 is 2.80 bits per heavy atom. The number of fused-ring (bicyclic) bond motifs is 1. The Morgan fingerprint density at radius 1 is 1.15 bits per heavy atom. The molecule has 0 saturated heterocycles. The first-order chi connectivity index (χ1) is 9.74. The minimum atomic E-state index is 0.470. The summed E-state index contributed by atoms with van der Waals surface area (Å²) in [6.45, 7) is 4.74. The van der Waals surface area contributed by atoms with Gasteiger partial charge in [-0.1, -0.05) is 44.4 Å². The van der Waals surface area contributed by atoms with Gasteiger partial charge in [-0.15, -0.1) is 11.3 Å². The number of benzene rings is 1. The summed E-state index contributed by atoms with van der Waals surface area (Å²) in [4.78, 5) is 1.47. The van der Waals surface area contributed by atoms with Gasteiger partial charge in [0.1, 0.15) is 0 Å². The van der Waals surface area contributed by atoms with E-state index < -0.39 is 0 Å². The highest BCUT2D eigenvalue weighted by molar-refractivity contribution is 7.19. The van der Waals surface area contributed by atoms with E-state index in [1.165, 1.54) is 47.1 Å². The van der Waals surface area contributed by atoms with Gasteiger partial charge in [-0.05, 0) is 43.2 Å². The molecule has 1 aromatic heterocycles. The lowest BCUT2D eigenvalue weighted by Gasteiger charge is -2.26. The fourth-order valence-electron chi connectivity index (χ4n) is 3.36. The lowest BCUT2D eigenvalue weighted by Crippen LogP contribution is -2.35. The van der Waals surface area contributed by atoms with E-state index in [0.29, 0.717) is 12.1 Å². The smallest absolute Gasteiger partial charge is 0.0388 e. The van der Waals surface area contributed by atoms with E-state index in [1.54, 1.807) is 0 Å². The highest BCUT2D eigenvalue weighted by atomic mass is 32.1. The Morgan fingerprint density at radius 2 is 1.95 bits per heavy atom. The monoisotopic (exact) mass is 287 g/mol. The average molecular weight is 287 g/mol. The van der Waals surface area contributed by atoms with Gasteiger partial charge in [-0.3, -0.25) is 0 Å². The molecule has 3 rings (SSSR count). The summed E-state index contributed by atoms with van der Waals surface area (Å²) in [5.74, 6) is 0.814. The summed E-state index contributed by atoms with van der Waals surface area (Å²) in [7, 11) is 0. The fourth-order valence-corrected chi connectivity index (χ4v) is 4.44. The highest BCUT2D eigenvalue weighted by Crippen LogP contribution is 2.31. The van der Waals surface area contributed by atoms with Gasteiger partial charge in [0, 0.05) is 21.7 Å². The largest absolute Gasteiger partial charge is 0.306 e. The Labute approximate surface area is 126 Å². The molecule has 0 spiro atoms. The summed E-state index contributed by atoms with van der Waals surface area (Å²) in [6, 6.07) is 12.2. The van der Waals surface area contributed by atoms with Crippen LogP contribution in [0.1, 0.15) is 56.9 Å². The first-order valence-corrected chi connectivity index (χ1v) is 8.80. The number of thiophene rings is 1. The van der Waals surface area contributed by atoms with E-state index in [2.05, 4.69) is 49.5 Å². The minimum absolute atomic E-state index is 0.470. The second-order valence-corrected chi connectivity index (χ2v) is 7.41. The maximum Gasteiger partial charge on any atom is 0.0388 e. The molecule has 1 fully saturated rings. The van der Waals surface area contributed by atoms with Gasteiger partial charge in [0.2, 0.25) is 0 Å². The van der Waals surface area contributed by atoms with Crippen LogP contribution in [0.2, 0.25) is 0 Å². The summed E-state index contributed by atoms with van der Waals surface area (Å²) >= 11 is 1.94. The van der Waals surface area contributed by atoms with E-state index in [-0.39, 0.29) is 0 Å². The van der Waals surface area contributed by atoms with Gasteiger partial charge < -0.3 is 5.32 Å². The van der Waals surface area contributed by atoms with Crippen LogP contribution in [-0.2, 0) is 0 Å². The molecule has 1 aliphatic carbocycles. The topological polar surface area (TPSA) is 12.0 Å². The van der Waals surface area contributed by atoms with Crippen molar-refractivity contribution in [3.8, 4) is 0 Å². The molecule has 20 heavy (non-hydrogen) atoms. The van der Waals surface area contributed by atoms with E-state index in [9.17, 15) is 0 Å². The second kappa shape index (κ2) is 6.28. The molecule has 1 saturated carbocycles. The minimum Gasteiger partial charge on any atom is -0.306 e. The van der Waals surface area contributed by atoms with Crippen LogP contribution in [0.4, 0.5) is 0 Å². The normalized spacial score (nSPS) is 25.5. The van der Waals surface area contributed by atoms with E-state index in [0.717, 1.165) is 5.92 Å². The summed E-state index contributed by atoms with van der Waals surface area (Å²) < 4.78 is 1.41. The number of rotatable bonds is 3. The molecule has 3 atom stereocenters. The van der Waals surface area contributed by atoms with Crippen LogP contribution in [-0.4, -0.2) is 6.04 Å². The second-order valence-electron chi connectivity index (χ2n) is 6.30. The zero-order valence-electron chi connectivity index (χ0n) is 12.6. The third-order valence-corrected chi connectivity index (χ3v) is 6.00. The zero-order valence-corrected chi connectivity index (χ0v) is 13.4. The molecule has 1 N–H and O–H groups in total.